The fourth-order valence-corrected chi connectivity index (χ4v) is 5.59. The number of unbranched alkanes of at least 4 members (excludes halogenated alkanes) is 11. The van der Waals surface area contributed by atoms with Crippen LogP contribution in [-0.4, -0.2) is 36.2 Å². The van der Waals surface area contributed by atoms with E-state index in [-0.39, 0.29) is 11.8 Å². The number of hydrazine groups is 2. The van der Waals surface area contributed by atoms with E-state index in [0.29, 0.717) is 25.9 Å². The highest BCUT2D eigenvalue weighted by Crippen LogP contribution is 2.12. The van der Waals surface area contributed by atoms with Gasteiger partial charge in [0.05, 0.1) is 13.1 Å². The standard InChI is InChI=1S/C38H70N4O2/c1-2-3-4-5-6-7-8-9-11-14-17-20-23-26-29-32-37(43)40-42-36-35-39-34-31-28-25-22-19-16-13-10-12-15-18-21-24-27-30-33-38(44)41-42/h9-12,34H,2-8,13-33,35-36H2,1H3,(H,40,43)(H,41,44). The molecule has 0 aromatic rings. The maximum absolute atomic E-state index is 12.7. The molecule has 0 saturated carbocycles. The number of hydrogen-bond donors (Lipinski definition) is 2. The number of allylic oxidation sites excluding steroid dienone is 4. The van der Waals surface area contributed by atoms with Crippen molar-refractivity contribution < 1.29 is 9.59 Å². The van der Waals surface area contributed by atoms with Gasteiger partial charge in [-0.05, 0) is 83.3 Å². The molecule has 0 aromatic carbocycles. The summed E-state index contributed by atoms with van der Waals surface area (Å²) in [6.07, 6.45) is 43.9. The number of carbonyl (C=O) groups is 2. The molecule has 6 heteroatoms. The second-order valence-electron chi connectivity index (χ2n) is 12.8. The molecule has 1 heterocycles. The number of carbonyl (C=O) groups excluding carboxylic acids is 2. The van der Waals surface area contributed by atoms with E-state index in [1.807, 2.05) is 6.21 Å². The minimum absolute atomic E-state index is 0.0293. The summed E-state index contributed by atoms with van der Waals surface area (Å²) in [6, 6.07) is 0. The van der Waals surface area contributed by atoms with Crippen LogP contribution in [0.5, 0.6) is 0 Å². The van der Waals surface area contributed by atoms with Gasteiger partial charge in [-0.3, -0.25) is 25.4 Å². The fraction of sp³-hybridized carbons (Fsp3) is 0.816. The summed E-state index contributed by atoms with van der Waals surface area (Å²) in [5, 5.41) is 1.57. The first kappa shape index (κ1) is 40.1. The Kier molecular flexibility index (Phi) is 29.5. The average Bonchev–Trinajstić information content (AvgIpc) is 3.01. The first-order chi connectivity index (χ1) is 21.7. The van der Waals surface area contributed by atoms with E-state index >= 15 is 0 Å². The normalized spacial score (nSPS) is 17.9. The van der Waals surface area contributed by atoms with Crippen molar-refractivity contribution in [2.45, 2.75) is 187 Å². The molecular weight excluding hydrogens is 544 g/mol. The second-order valence-corrected chi connectivity index (χ2v) is 12.8. The molecule has 2 amide bonds. The Hall–Kier alpha value is -1.95. The van der Waals surface area contributed by atoms with E-state index < -0.39 is 0 Å². The lowest BCUT2D eigenvalue weighted by Crippen LogP contribution is -2.53. The highest BCUT2D eigenvalue weighted by Gasteiger charge is 2.12. The van der Waals surface area contributed by atoms with Crippen molar-refractivity contribution in [1.82, 2.24) is 16.0 Å². The van der Waals surface area contributed by atoms with Gasteiger partial charge in [-0.2, -0.15) is 0 Å². The molecule has 0 unspecified atom stereocenters. The van der Waals surface area contributed by atoms with Gasteiger partial charge < -0.3 is 0 Å². The Morgan fingerprint density at radius 3 is 1.95 bits per heavy atom. The average molecular weight is 615 g/mol. The molecule has 2 N–H and O–H groups in total. The van der Waals surface area contributed by atoms with Crippen LogP contribution in [0.3, 0.4) is 0 Å². The molecule has 0 saturated heterocycles. The molecule has 6 nitrogen and oxygen atoms in total. The van der Waals surface area contributed by atoms with Gasteiger partial charge in [0.2, 0.25) is 11.8 Å². The van der Waals surface area contributed by atoms with Gasteiger partial charge in [0, 0.05) is 12.8 Å². The van der Waals surface area contributed by atoms with E-state index in [9.17, 15) is 9.59 Å². The highest BCUT2D eigenvalue weighted by atomic mass is 16.2. The summed E-state index contributed by atoms with van der Waals surface area (Å²) in [4.78, 5) is 29.8. The number of amides is 2. The van der Waals surface area contributed by atoms with Crippen LogP contribution in [-0.2, 0) is 9.59 Å². The minimum atomic E-state index is -0.0309. The minimum Gasteiger partial charge on any atom is -0.296 e. The van der Waals surface area contributed by atoms with Crippen molar-refractivity contribution in [1.29, 1.82) is 0 Å². The van der Waals surface area contributed by atoms with E-state index in [2.05, 4.69) is 47.1 Å². The lowest BCUT2D eigenvalue weighted by molar-refractivity contribution is -0.133. The van der Waals surface area contributed by atoms with Gasteiger partial charge in [-0.1, -0.05) is 121 Å². The Morgan fingerprint density at radius 2 is 1.30 bits per heavy atom. The summed E-state index contributed by atoms with van der Waals surface area (Å²) < 4.78 is 0. The maximum Gasteiger partial charge on any atom is 0.235 e. The predicted molar refractivity (Wildman–Crippen MR) is 190 cm³/mol. The van der Waals surface area contributed by atoms with Crippen molar-refractivity contribution in [2.24, 2.45) is 4.99 Å². The maximum atomic E-state index is 12.7. The van der Waals surface area contributed by atoms with Crippen LogP contribution in [0.1, 0.15) is 187 Å². The van der Waals surface area contributed by atoms with Gasteiger partial charge >= 0.3 is 0 Å². The molecule has 0 fully saturated rings. The zero-order valence-electron chi connectivity index (χ0n) is 28.8. The Bertz CT molecular complexity index is 749. The first-order valence-corrected chi connectivity index (χ1v) is 18.9. The zero-order chi connectivity index (χ0) is 31.6. The van der Waals surface area contributed by atoms with Crippen molar-refractivity contribution in [3.8, 4) is 0 Å². The smallest absolute Gasteiger partial charge is 0.235 e. The second kappa shape index (κ2) is 32.4. The molecule has 1 aliphatic heterocycles. The number of aliphatic imine (C=N–C) groups is 1. The van der Waals surface area contributed by atoms with E-state index in [1.54, 1.807) is 5.12 Å². The molecule has 0 atom stereocenters. The molecule has 44 heavy (non-hydrogen) atoms. The quantitative estimate of drug-likeness (QED) is 0.134. The van der Waals surface area contributed by atoms with E-state index in [1.165, 1.54) is 135 Å². The summed E-state index contributed by atoms with van der Waals surface area (Å²) in [5.41, 5.74) is 5.85. The van der Waals surface area contributed by atoms with E-state index in [4.69, 9.17) is 0 Å². The van der Waals surface area contributed by atoms with Gasteiger partial charge in [-0.15, -0.1) is 5.12 Å². The van der Waals surface area contributed by atoms with Crippen LogP contribution in [0.25, 0.3) is 0 Å². The number of hydrogen-bond acceptors (Lipinski definition) is 4. The van der Waals surface area contributed by atoms with Crippen LogP contribution in [0, 0.1) is 0 Å². The van der Waals surface area contributed by atoms with Gasteiger partial charge in [0.1, 0.15) is 0 Å². The lowest BCUT2D eigenvalue weighted by Gasteiger charge is -2.23. The Morgan fingerprint density at radius 1 is 0.750 bits per heavy atom. The summed E-state index contributed by atoms with van der Waals surface area (Å²) in [6.45, 7) is 3.30. The van der Waals surface area contributed by atoms with Gasteiger partial charge in [0.15, 0.2) is 0 Å². The SMILES string of the molecule is CCCCCCCCC=CCCCCCCCC(=O)NN1CCN=CCCCCCCCC=CCCCCCCCC(=O)N1. The molecule has 0 radical (unpaired) electrons. The molecule has 0 aromatic heterocycles. The largest absolute Gasteiger partial charge is 0.296 e. The van der Waals surface area contributed by atoms with Crippen molar-refractivity contribution in [3.63, 3.8) is 0 Å². The van der Waals surface area contributed by atoms with Crippen LogP contribution in [0.4, 0.5) is 0 Å². The summed E-state index contributed by atoms with van der Waals surface area (Å²) in [5.74, 6) is -0.0602. The third kappa shape index (κ3) is 28.8. The van der Waals surface area contributed by atoms with Crippen LogP contribution in [0.15, 0.2) is 29.3 Å². The molecule has 1 rings (SSSR count). The summed E-state index contributed by atoms with van der Waals surface area (Å²) >= 11 is 0. The number of nitrogens with one attached hydrogen (secondary N) is 2. The Balaban J connectivity index is 2.27. The lowest BCUT2D eigenvalue weighted by atomic mass is 10.1. The van der Waals surface area contributed by atoms with Gasteiger partial charge in [0.25, 0.3) is 0 Å². The fourth-order valence-electron chi connectivity index (χ4n) is 5.59. The van der Waals surface area contributed by atoms with Gasteiger partial charge in [-0.25, -0.2) is 0 Å². The number of nitrogens with zero attached hydrogens (tertiary/aromatic N) is 2. The molecule has 0 spiro atoms. The Labute approximate surface area is 272 Å². The number of rotatable bonds is 16. The third-order valence-corrected chi connectivity index (χ3v) is 8.41. The molecule has 254 valence electrons. The molecule has 0 aliphatic carbocycles. The monoisotopic (exact) mass is 615 g/mol. The molecule has 1 aliphatic rings. The highest BCUT2D eigenvalue weighted by molar-refractivity contribution is 5.77. The van der Waals surface area contributed by atoms with Crippen molar-refractivity contribution in [3.05, 3.63) is 24.3 Å². The zero-order valence-corrected chi connectivity index (χ0v) is 28.8. The third-order valence-electron chi connectivity index (χ3n) is 8.41. The van der Waals surface area contributed by atoms with Crippen LogP contribution >= 0.6 is 0 Å². The van der Waals surface area contributed by atoms with Crippen LogP contribution in [0.2, 0.25) is 0 Å². The van der Waals surface area contributed by atoms with Crippen molar-refractivity contribution in [2.75, 3.05) is 13.1 Å². The summed E-state index contributed by atoms with van der Waals surface area (Å²) in [7, 11) is 0. The molecule has 0 bridgehead atoms. The predicted octanol–water partition coefficient (Wildman–Crippen LogP) is 10.5. The van der Waals surface area contributed by atoms with Crippen molar-refractivity contribution >= 4 is 18.0 Å². The van der Waals surface area contributed by atoms with E-state index in [0.717, 1.165) is 32.1 Å². The topological polar surface area (TPSA) is 73.8 Å². The molecular formula is C38H70N4O2. The first-order valence-electron chi connectivity index (χ1n) is 18.9. The van der Waals surface area contributed by atoms with Crippen LogP contribution < -0.4 is 10.9 Å².